The first kappa shape index (κ1) is 18.6. The zero-order valence-electron chi connectivity index (χ0n) is 14.5. The average Bonchev–Trinajstić information content (AvgIpc) is 2.99. The number of phenols is 1. The fourth-order valence-corrected chi connectivity index (χ4v) is 2.82. The van der Waals surface area contributed by atoms with Gasteiger partial charge in [-0.05, 0) is 37.5 Å². The second-order valence-corrected chi connectivity index (χ2v) is 6.16. The molecule has 0 radical (unpaired) electrons. The van der Waals surface area contributed by atoms with Crippen molar-refractivity contribution in [1.82, 2.24) is 19.7 Å². The standard InChI is InChI=1S/C18H16F3N5O/c1-11-7-12(18(19,20)21)8-15(27)16(11)13-9-23-14-10-26(25-17(14)24-13)6-4-2-3-5-22/h7-10,27H,2-4,6H2,1H3. The van der Waals surface area contributed by atoms with Crippen molar-refractivity contribution < 1.29 is 18.3 Å². The minimum Gasteiger partial charge on any atom is -0.507 e. The van der Waals surface area contributed by atoms with Crippen LogP contribution in [0.15, 0.2) is 24.5 Å². The molecule has 0 saturated carbocycles. The number of hydrogen-bond donors (Lipinski definition) is 1. The van der Waals surface area contributed by atoms with Gasteiger partial charge in [-0.25, -0.2) is 9.97 Å². The van der Waals surface area contributed by atoms with E-state index in [0.717, 1.165) is 18.9 Å². The third kappa shape index (κ3) is 4.00. The number of rotatable bonds is 5. The Bertz CT molecular complexity index is 997. The number of fused-ring (bicyclic) bond motifs is 1. The van der Waals surface area contributed by atoms with E-state index in [-0.39, 0.29) is 16.8 Å². The molecule has 0 bridgehead atoms. The number of hydrogen-bond acceptors (Lipinski definition) is 5. The molecule has 1 aromatic carbocycles. The number of unbranched alkanes of at least 4 members (excludes halogenated alkanes) is 2. The van der Waals surface area contributed by atoms with Gasteiger partial charge in [0.05, 0.1) is 29.7 Å². The van der Waals surface area contributed by atoms with Gasteiger partial charge >= 0.3 is 6.18 Å². The van der Waals surface area contributed by atoms with Crippen molar-refractivity contribution in [3.05, 3.63) is 35.7 Å². The van der Waals surface area contributed by atoms with Crippen LogP contribution in [0, 0.1) is 18.3 Å². The lowest BCUT2D eigenvalue weighted by molar-refractivity contribution is -0.137. The summed E-state index contributed by atoms with van der Waals surface area (Å²) in [6, 6.07) is 3.73. The highest BCUT2D eigenvalue weighted by Crippen LogP contribution is 2.38. The molecule has 0 aliphatic carbocycles. The number of alkyl halides is 3. The third-order valence-corrected chi connectivity index (χ3v) is 4.10. The summed E-state index contributed by atoms with van der Waals surface area (Å²) in [6.45, 7) is 2.09. The molecule has 0 spiro atoms. The number of nitrogens with zero attached hydrogens (tertiary/aromatic N) is 5. The molecule has 9 heteroatoms. The third-order valence-electron chi connectivity index (χ3n) is 4.10. The van der Waals surface area contributed by atoms with Crippen molar-refractivity contribution in [3.8, 4) is 23.1 Å². The van der Waals surface area contributed by atoms with Gasteiger partial charge in [0.15, 0.2) is 5.65 Å². The maximum absolute atomic E-state index is 12.9. The van der Waals surface area contributed by atoms with Crippen molar-refractivity contribution in [2.24, 2.45) is 0 Å². The lowest BCUT2D eigenvalue weighted by Crippen LogP contribution is -2.05. The van der Waals surface area contributed by atoms with Crippen molar-refractivity contribution in [1.29, 1.82) is 5.26 Å². The Balaban J connectivity index is 1.92. The molecule has 2 heterocycles. The van der Waals surface area contributed by atoms with E-state index in [1.807, 2.05) is 0 Å². The van der Waals surface area contributed by atoms with Gasteiger partial charge < -0.3 is 5.11 Å². The Morgan fingerprint density at radius 2 is 2.04 bits per heavy atom. The molecule has 3 aromatic rings. The van der Waals surface area contributed by atoms with Gasteiger partial charge in [0.2, 0.25) is 0 Å². The SMILES string of the molecule is Cc1cc(C(F)(F)F)cc(O)c1-c1cnc2cn(CCCCC#N)nc2n1. The van der Waals surface area contributed by atoms with Crippen LogP contribution in [-0.2, 0) is 12.7 Å². The number of aromatic hydroxyl groups is 1. The Morgan fingerprint density at radius 3 is 2.70 bits per heavy atom. The van der Waals surface area contributed by atoms with Crippen LogP contribution in [0.25, 0.3) is 22.4 Å². The van der Waals surface area contributed by atoms with E-state index in [9.17, 15) is 18.3 Å². The van der Waals surface area contributed by atoms with Gasteiger partial charge in [-0.3, -0.25) is 4.68 Å². The molecule has 1 N–H and O–H groups in total. The molecule has 0 atom stereocenters. The lowest BCUT2D eigenvalue weighted by atomic mass is 10.0. The number of benzene rings is 1. The highest BCUT2D eigenvalue weighted by molar-refractivity contribution is 5.76. The van der Waals surface area contributed by atoms with Crippen LogP contribution in [-0.4, -0.2) is 24.9 Å². The molecule has 0 unspecified atom stereocenters. The average molecular weight is 375 g/mol. The zero-order chi connectivity index (χ0) is 19.6. The van der Waals surface area contributed by atoms with E-state index < -0.39 is 17.5 Å². The van der Waals surface area contributed by atoms with Gasteiger partial charge in [0, 0.05) is 18.5 Å². The largest absolute Gasteiger partial charge is 0.507 e. The Kier molecular flexibility index (Phi) is 4.99. The summed E-state index contributed by atoms with van der Waals surface area (Å²) < 4.78 is 40.3. The van der Waals surface area contributed by atoms with Gasteiger partial charge in [-0.1, -0.05) is 0 Å². The van der Waals surface area contributed by atoms with Crippen LogP contribution in [0.5, 0.6) is 5.75 Å². The zero-order valence-corrected chi connectivity index (χ0v) is 14.5. The van der Waals surface area contributed by atoms with Crippen molar-refractivity contribution in [3.63, 3.8) is 0 Å². The maximum atomic E-state index is 12.9. The maximum Gasteiger partial charge on any atom is 0.416 e. The van der Waals surface area contributed by atoms with Gasteiger partial charge in [-0.2, -0.15) is 23.5 Å². The second kappa shape index (κ2) is 7.23. The summed E-state index contributed by atoms with van der Waals surface area (Å²) in [5.74, 6) is -0.507. The Labute approximate surface area is 152 Å². The van der Waals surface area contributed by atoms with Crippen molar-refractivity contribution in [2.45, 2.75) is 38.9 Å². The minimum atomic E-state index is -4.54. The molecule has 0 saturated heterocycles. The number of phenolic OH excluding ortho intramolecular Hbond substituents is 1. The highest BCUT2D eigenvalue weighted by Gasteiger charge is 2.32. The smallest absolute Gasteiger partial charge is 0.416 e. The van der Waals surface area contributed by atoms with Crippen LogP contribution < -0.4 is 0 Å². The summed E-state index contributed by atoms with van der Waals surface area (Å²) in [7, 11) is 0. The number of nitriles is 1. The summed E-state index contributed by atoms with van der Waals surface area (Å²) in [5.41, 5.74) is 0.653. The van der Waals surface area contributed by atoms with Gasteiger partial charge in [0.25, 0.3) is 0 Å². The number of halogens is 3. The first-order chi connectivity index (χ1) is 12.8. The predicted molar refractivity (Wildman–Crippen MR) is 91.6 cm³/mol. The monoisotopic (exact) mass is 375 g/mol. The fraction of sp³-hybridized carbons (Fsp3) is 0.333. The normalized spacial score (nSPS) is 11.7. The van der Waals surface area contributed by atoms with Crippen LogP contribution >= 0.6 is 0 Å². The molecule has 3 rings (SSSR count). The topological polar surface area (TPSA) is 87.6 Å². The second-order valence-electron chi connectivity index (χ2n) is 6.16. The van der Waals surface area contributed by atoms with E-state index in [1.165, 1.54) is 13.1 Å². The molecule has 0 aliphatic rings. The fourth-order valence-electron chi connectivity index (χ4n) is 2.82. The van der Waals surface area contributed by atoms with Crippen LogP contribution in [0.2, 0.25) is 0 Å². The minimum absolute atomic E-state index is 0.195. The number of aromatic nitrogens is 4. The van der Waals surface area contributed by atoms with Gasteiger partial charge in [-0.15, -0.1) is 0 Å². The molecular weight excluding hydrogens is 359 g/mol. The molecule has 27 heavy (non-hydrogen) atoms. The molecule has 0 aliphatic heterocycles. The highest BCUT2D eigenvalue weighted by atomic mass is 19.4. The van der Waals surface area contributed by atoms with Crippen molar-refractivity contribution >= 4 is 11.2 Å². The van der Waals surface area contributed by atoms with E-state index in [4.69, 9.17) is 5.26 Å². The van der Waals surface area contributed by atoms with E-state index in [1.54, 1.807) is 10.9 Å². The van der Waals surface area contributed by atoms with E-state index in [0.29, 0.717) is 30.2 Å². The van der Waals surface area contributed by atoms with Crippen LogP contribution in [0.3, 0.4) is 0 Å². The summed E-state index contributed by atoms with van der Waals surface area (Å²) in [5, 5.41) is 23.0. The molecular formula is C18H16F3N5O. The predicted octanol–water partition coefficient (Wildman–Crippen LogP) is 4.22. The molecule has 2 aromatic heterocycles. The number of aryl methyl sites for hydroxylation is 2. The van der Waals surface area contributed by atoms with Crippen LogP contribution in [0.1, 0.15) is 30.4 Å². The van der Waals surface area contributed by atoms with E-state index >= 15 is 0 Å². The molecule has 0 amide bonds. The summed E-state index contributed by atoms with van der Waals surface area (Å²) in [4.78, 5) is 8.58. The van der Waals surface area contributed by atoms with Crippen molar-refractivity contribution in [2.75, 3.05) is 0 Å². The quantitative estimate of drug-likeness (QED) is 0.675. The first-order valence-corrected chi connectivity index (χ1v) is 8.28. The Hall–Kier alpha value is -3.15. The van der Waals surface area contributed by atoms with Crippen LogP contribution in [0.4, 0.5) is 13.2 Å². The first-order valence-electron chi connectivity index (χ1n) is 8.28. The summed E-state index contributed by atoms with van der Waals surface area (Å²) >= 11 is 0. The molecule has 6 nitrogen and oxygen atoms in total. The Morgan fingerprint density at radius 1 is 1.26 bits per heavy atom. The summed E-state index contributed by atoms with van der Waals surface area (Å²) in [6.07, 6.45) is 0.608. The lowest BCUT2D eigenvalue weighted by Gasteiger charge is -2.12. The van der Waals surface area contributed by atoms with Gasteiger partial charge in [0.1, 0.15) is 11.3 Å². The van der Waals surface area contributed by atoms with E-state index in [2.05, 4.69) is 21.1 Å². The molecule has 140 valence electrons. The molecule has 0 fully saturated rings.